The van der Waals surface area contributed by atoms with Crippen molar-refractivity contribution < 1.29 is 4.79 Å². The average Bonchev–Trinajstić information content (AvgIpc) is 3.21. The van der Waals surface area contributed by atoms with E-state index >= 15 is 0 Å². The molecule has 0 spiro atoms. The Bertz CT molecular complexity index is 915. The number of para-hydroxylation sites is 1. The zero-order chi connectivity index (χ0) is 25.9. The molecule has 200 valence electrons. The van der Waals surface area contributed by atoms with Crippen LogP contribution in [0, 0.1) is 12.8 Å². The normalized spacial score (nSPS) is 14.6. The molecule has 36 heavy (non-hydrogen) atoms. The second-order valence-electron chi connectivity index (χ2n) is 10.7. The molecule has 6 nitrogen and oxygen atoms in total. The Hall–Kier alpha value is -2.34. The second-order valence-corrected chi connectivity index (χ2v) is 10.7. The molecule has 1 aliphatic rings. The minimum Gasteiger partial charge on any atom is -0.354 e. The van der Waals surface area contributed by atoms with Crippen molar-refractivity contribution >= 4 is 11.7 Å². The van der Waals surface area contributed by atoms with Crippen molar-refractivity contribution in [1.82, 2.24) is 19.6 Å². The Morgan fingerprint density at radius 1 is 0.972 bits per heavy atom. The van der Waals surface area contributed by atoms with Crippen LogP contribution in [0.25, 0.3) is 5.69 Å². The highest BCUT2D eigenvalue weighted by Gasteiger charge is 2.27. The highest BCUT2D eigenvalue weighted by atomic mass is 16.2. The molecular weight excluding hydrogens is 446 g/mol. The van der Waals surface area contributed by atoms with Crippen LogP contribution in [0.15, 0.2) is 30.3 Å². The quantitative estimate of drug-likeness (QED) is 0.299. The number of amides is 1. The molecule has 0 saturated carbocycles. The third-order valence-corrected chi connectivity index (χ3v) is 7.31. The predicted molar refractivity (Wildman–Crippen MR) is 151 cm³/mol. The van der Waals surface area contributed by atoms with Crippen LogP contribution in [0.5, 0.6) is 0 Å². The first-order chi connectivity index (χ1) is 17.4. The number of hydrogen-bond donors (Lipinski definition) is 0. The number of nitrogens with zero attached hydrogens (tertiary/aromatic N) is 5. The molecule has 0 N–H and O–H groups in total. The topological polar surface area (TPSA) is 44.6 Å². The fourth-order valence-electron chi connectivity index (χ4n) is 5.18. The zero-order valence-electron chi connectivity index (χ0n) is 23.5. The van der Waals surface area contributed by atoms with Gasteiger partial charge in [-0.05, 0) is 37.9 Å². The molecule has 6 heteroatoms. The first kappa shape index (κ1) is 28.2. The molecule has 1 amide bonds. The summed E-state index contributed by atoms with van der Waals surface area (Å²) in [5.74, 6) is 1.88. The Balaban J connectivity index is 1.83. The van der Waals surface area contributed by atoms with Crippen molar-refractivity contribution in [2.75, 3.05) is 44.2 Å². The van der Waals surface area contributed by atoms with Crippen LogP contribution in [0.3, 0.4) is 0 Å². The summed E-state index contributed by atoms with van der Waals surface area (Å²) in [4.78, 5) is 20.5. The third-order valence-electron chi connectivity index (χ3n) is 7.31. The predicted octanol–water partition coefficient (Wildman–Crippen LogP) is 6.06. The second kappa shape index (κ2) is 14.4. The van der Waals surface area contributed by atoms with Gasteiger partial charge in [0.15, 0.2) is 0 Å². The third kappa shape index (κ3) is 7.83. The lowest BCUT2D eigenvalue weighted by Crippen LogP contribution is -2.47. The van der Waals surface area contributed by atoms with Crippen LogP contribution in [0.2, 0.25) is 0 Å². The molecule has 3 rings (SSSR count). The molecule has 0 aliphatic carbocycles. The maximum Gasteiger partial charge on any atom is 0.222 e. The maximum atomic E-state index is 13.4. The number of unbranched alkanes of at least 4 members (excludes halogenated alkanes) is 5. The summed E-state index contributed by atoms with van der Waals surface area (Å²) in [6.45, 7) is 17.6. The number of hydrogen-bond acceptors (Lipinski definition) is 4. The number of aromatic nitrogens is 2. The van der Waals surface area contributed by atoms with Gasteiger partial charge in [0.25, 0.3) is 0 Å². The summed E-state index contributed by atoms with van der Waals surface area (Å²) in [6.07, 6.45) is 7.87. The van der Waals surface area contributed by atoms with E-state index in [1.165, 1.54) is 31.2 Å². The number of anilines is 1. The van der Waals surface area contributed by atoms with Gasteiger partial charge >= 0.3 is 0 Å². The Morgan fingerprint density at radius 2 is 1.64 bits per heavy atom. The van der Waals surface area contributed by atoms with Crippen LogP contribution >= 0.6 is 0 Å². The number of benzene rings is 1. The van der Waals surface area contributed by atoms with Gasteiger partial charge in [0, 0.05) is 44.7 Å². The van der Waals surface area contributed by atoms with Crippen molar-refractivity contribution in [2.24, 2.45) is 5.92 Å². The number of piperazine rings is 1. The van der Waals surface area contributed by atoms with Crippen molar-refractivity contribution in [3.63, 3.8) is 0 Å². The number of carbonyl (C=O) groups excluding carboxylic acids is 1. The highest BCUT2D eigenvalue weighted by molar-refractivity contribution is 5.76. The minimum absolute atomic E-state index is 0.285. The smallest absolute Gasteiger partial charge is 0.222 e. The van der Waals surface area contributed by atoms with Gasteiger partial charge in [0.2, 0.25) is 5.91 Å². The summed E-state index contributed by atoms with van der Waals surface area (Å²) in [5.41, 5.74) is 3.29. The van der Waals surface area contributed by atoms with Crippen molar-refractivity contribution in [1.29, 1.82) is 0 Å². The molecule has 1 fully saturated rings. The summed E-state index contributed by atoms with van der Waals surface area (Å²) in [5, 5.41) is 5.01. The first-order valence-electron chi connectivity index (χ1n) is 14.3. The van der Waals surface area contributed by atoms with Gasteiger partial charge in [-0.15, -0.1) is 0 Å². The number of rotatable bonds is 14. The monoisotopic (exact) mass is 495 g/mol. The van der Waals surface area contributed by atoms with Gasteiger partial charge in [0.05, 0.1) is 17.9 Å². The van der Waals surface area contributed by atoms with Crippen LogP contribution in [0.4, 0.5) is 5.82 Å². The van der Waals surface area contributed by atoms with E-state index in [4.69, 9.17) is 5.10 Å². The Kier molecular flexibility index (Phi) is 11.3. The standard InChI is InChI=1S/C30H49N5O/c1-6-8-9-10-11-15-18-29(36)34(23-25(3)4)24-28-26(5)31-35(27-16-13-12-14-17-27)30(28)33-21-19-32(7-2)20-22-33/h12-14,16-17,25H,6-11,15,18-24H2,1-5H3. The molecule has 0 bridgehead atoms. The molecule has 2 aromatic rings. The number of aryl methyl sites for hydroxylation is 1. The molecule has 1 aromatic carbocycles. The zero-order valence-corrected chi connectivity index (χ0v) is 23.5. The summed E-state index contributed by atoms with van der Waals surface area (Å²) in [7, 11) is 0. The lowest BCUT2D eigenvalue weighted by Gasteiger charge is -2.36. The minimum atomic E-state index is 0.285. The molecule has 2 heterocycles. The van der Waals surface area contributed by atoms with Gasteiger partial charge in [-0.3, -0.25) is 4.79 Å². The Morgan fingerprint density at radius 3 is 2.28 bits per heavy atom. The highest BCUT2D eigenvalue weighted by Crippen LogP contribution is 2.30. The molecule has 1 aromatic heterocycles. The Labute approximate surface area is 219 Å². The van der Waals surface area contributed by atoms with Crippen LogP contribution in [0.1, 0.15) is 83.9 Å². The van der Waals surface area contributed by atoms with E-state index < -0.39 is 0 Å². The average molecular weight is 496 g/mol. The van der Waals surface area contributed by atoms with E-state index in [1.54, 1.807) is 0 Å². The van der Waals surface area contributed by atoms with Crippen molar-refractivity contribution in [3.05, 3.63) is 41.6 Å². The number of likely N-dealkylation sites (N-methyl/N-ethyl adjacent to an activating group) is 1. The van der Waals surface area contributed by atoms with E-state index in [2.05, 4.69) is 78.3 Å². The largest absolute Gasteiger partial charge is 0.354 e. The number of carbonyl (C=O) groups is 1. The van der Waals surface area contributed by atoms with Crippen LogP contribution in [-0.2, 0) is 11.3 Å². The van der Waals surface area contributed by atoms with Crippen molar-refractivity contribution in [2.45, 2.75) is 86.1 Å². The van der Waals surface area contributed by atoms with E-state index in [-0.39, 0.29) is 5.91 Å². The molecule has 0 radical (unpaired) electrons. The van der Waals surface area contributed by atoms with Crippen molar-refractivity contribution in [3.8, 4) is 5.69 Å². The van der Waals surface area contributed by atoms with E-state index in [0.717, 1.165) is 69.3 Å². The van der Waals surface area contributed by atoms with E-state index in [1.807, 2.05) is 6.07 Å². The molecule has 1 saturated heterocycles. The van der Waals surface area contributed by atoms with Crippen LogP contribution in [-0.4, -0.2) is 64.8 Å². The van der Waals surface area contributed by atoms with E-state index in [0.29, 0.717) is 18.9 Å². The lowest BCUT2D eigenvalue weighted by molar-refractivity contribution is -0.132. The first-order valence-corrected chi connectivity index (χ1v) is 14.3. The SMILES string of the molecule is CCCCCCCCC(=O)N(Cc1c(C)nn(-c2ccccc2)c1N1CCN(CC)CC1)CC(C)C. The fraction of sp³-hybridized carbons (Fsp3) is 0.667. The summed E-state index contributed by atoms with van der Waals surface area (Å²) < 4.78 is 2.11. The maximum absolute atomic E-state index is 13.4. The molecular formula is C30H49N5O. The van der Waals surface area contributed by atoms with Gasteiger partial charge in [-0.1, -0.05) is 78.0 Å². The van der Waals surface area contributed by atoms with Gasteiger partial charge in [-0.25, -0.2) is 4.68 Å². The van der Waals surface area contributed by atoms with E-state index in [9.17, 15) is 4.79 Å². The van der Waals surface area contributed by atoms with Crippen LogP contribution < -0.4 is 4.90 Å². The molecule has 0 unspecified atom stereocenters. The van der Waals surface area contributed by atoms with Gasteiger partial charge in [0.1, 0.15) is 5.82 Å². The fourth-order valence-corrected chi connectivity index (χ4v) is 5.18. The summed E-state index contributed by atoms with van der Waals surface area (Å²) in [6, 6.07) is 10.4. The molecule has 0 atom stereocenters. The lowest BCUT2D eigenvalue weighted by atomic mass is 10.1. The van der Waals surface area contributed by atoms with Gasteiger partial charge < -0.3 is 14.7 Å². The summed E-state index contributed by atoms with van der Waals surface area (Å²) >= 11 is 0. The molecule has 1 aliphatic heterocycles. The van der Waals surface area contributed by atoms with Gasteiger partial charge in [-0.2, -0.15) is 5.10 Å².